The van der Waals surface area contributed by atoms with Gasteiger partial charge in [0.15, 0.2) is 0 Å². The predicted octanol–water partition coefficient (Wildman–Crippen LogP) is 4.97. The molecule has 2 N–H and O–H groups in total. The third kappa shape index (κ3) is 4.46. The van der Waals surface area contributed by atoms with Crippen LogP contribution < -0.4 is 5.32 Å². The lowest BCUT2D eigenvalue weighted by Gasteiger charge is -2.46. The lowest BCUT2D eigenvalue weighted by molar-refractivity contribution is 0.0766. The van der Waals surface area contributed by atoms with Gasteiger partial charge in [-0.15, -0.1) is 0 Å². The lowest BCUT2D eigenvalue weighted by atomic mass is 9.74. The quantitative estimate of drug-likeness (QED) is 0.478. The summed E-state index contributed by atoms with van der Waals surface area (Å²) < 4.78 is 1.61. The number of urea groups is 1. The van der Waals surface area contributed by atoms with Gasteiger partial charge in [0.2, 0.25) is 0 Å². The fraction of sp³-hybridized carbons (Fsp3) is 0.400. The van der Waals surface area contributed by atoms with E-state index in [0.717, 1.165) is 37.6 Å². The molecule has 3 aromatic rings. The summed E-state index contributed by atoms with van der Waals surface area (Å²) in [6.07, 6.45) is 6.71. The van der Waals surface area contributed by atoms with E-state index in [1.54, 1.807) is 4.31 Å². The molecule has 2 amide bonds. The highest BCUT2D eigenvalue weighted by molar-refractivity contribution is 7.78. The van der Waals surface area contributed by atoms with Crippen LogP contribution in [0.3, 0.4) is 0 Å². The molecule has 5 nitrogen and oxygen atoms in total. The SMILES string of the molecule is CN(C)C1(c2ccccc2)CCC(N(S)C(=O)NCCc2c[nH]c3ccccc23)CC1. The van der Waals surface area contributed by atoms with E-state index in [-0.39, 0.29) is 17.6 Å². The minimum absolute atomic E-state index is 0.0260. The Kier molecular flexibility index (Phi) is 6.58. The zero-order valence-electron chi connectivity index (χ0n) is 18.3. The highest BCUT2D eigenvalue weighted by atomic mass is 32.1. The summed E-state index contributed by atoms with van der Waals surface area (Å²) >= 11 is 4.57. The number of aromatic nitrogens is 1. The number of hydrogen-bond donors (Lipinski definition) is 3. The first kappa shape index (κ1) is 21.8. The zero-order valence-corrected chi connectivity index (χ0v) is 19.2. The Bertz CT molecular complexity index is 1010. The summed E-state index contributed by atoms with van der Waals surface area (Å²) in [5, 5.41) is 4.26. The highest BCUT2D eigenvalue weighted by Gasteiger charge is 2.40. The van der Waals surface area contributed by atoms with Gasteiger partial charge >= 0.3 is 6.03 Å². The molecule has 164 valence electrons. The van der Waals surface area contributed by atoms with Crippen LogP contribution in [0, 0.1) is 0 Å². The molecule has 0 spiro atoms. The number of carbonyl (C=O) groups excluding carboxylic acids is 1. The number of thiol groups is 1. The van der Waals surface area contributed by atoms with E-state index in [4.69, 9.17) is 0 Å². The molecule has 1 saturated carbocycles. The van der Waals surface area contributed by atoms with E-state index in [0.29, 0.717) is 6.54 Å². The Morgan fingerprint density at radius 1 is 1.10 bits per heavy atom. The van der Waals surface area contributed by atoms with Crippen LogP contribution in [0.4, 0.5) is 4.79 Å². The second kappa shape index (κ2) is 9.37. The second-order valence-electron chi connectivity index (χ2n) is 8.71. The van der Waals surface area contributed by atoms with Crippen molar-refractivity contribution in [3.63, 3.8) is 0 Å². The van der Waals surface area contributed by atoms with Crippen LogP contribution in [0.1, 0.15) is 36.8 Å². The summed E-state index contributed by atoms with van der Waals surface area (Å²) in [6.45, 7) is 0.593. The van der Waals surface area contributed by atoms with Gasteiger partial charge in [0, 0.05) is 35.2 Å². The average molecular weight is 437 g/mol. The van der Waals surface area contributed by atoms with Gasteiger partial charge in [-0.2, -0.15) is 0 Å². The molecule has 1 aliphatic rings. The summed E-state index contributed by atoms with van der Waals surface area (Å²) in [5.41, 5.74) is 3.73. The van der Waals surface area contributed by atoms with Crippen molar-refractivity contribution in [2.45, 2.75) is 43.7 Å². The number of H-pyrrole nitrogens is 1. The van der Waals surface area contributed by atoms with E-state index in [9.17, 15) is 4.79 Å². The molecule has 0 bridgehead atoms. The number of carbonyl (C=O) groups is 1. The molecule has 0 atom stereocenters. The molecule has 1 aliphatic carbocycles. The Morgan fingerprint density at radius 3 is 2.48 bits per heavy atom. The molecule has 1 heterocycles. The van der Waals surface area contributed by atoms with Gasteiger partial charge < -0.3 is 10.3 Å². The first-order chi connectivity index (χ1) is 15.0. The number of rotatable bonds is 6. The molecule has 4 rings (SSSR count). The standard InChI is InChI=1S/C25H32N4OS/c1-28(2)25(20-8-4-3-5-9-20)15-12-21(13-16-25)29(31)24(30)26-17-14-19-18-27-23-11-7-6-10-22(19)23/h3-11,18,21,27,31H,12-17H2,1-2H3,(H,26,30). The third-order valence-electron chi connectivity index (χ3n) is 6.85. The maximum atomic E-state index is 12.7. The van der Waals surface area contributed by atoms with Crippen molar-refractivity contribution in [3.05, 3.63) is 71.9 Å². The second-order valence-corrected chi connectivity index (χ2v) is 9.14. The van der Waals surface area contributed by atoms with Crippen LogP contribution in [0.5, 0.6) is 0 Å². The van der Waals surface area contributed by atoms with Gasteiger partial charge in [-0.25, -0.2) is 4.79 Å². The Labute approximate surface area is 190 Å². The fourth-order valence-corrected chi connectivity index (χ4v) is 5.26. The van der Waals surface area contributed by atoms with Gasteiger partial charge in [0.1, 0.15) is 0 Å². The van der Waals surface area contributed by atoms with Crippen LogP contribution in [0.2, 0.25) is 0 Å². The predicted molar refractivity (Wildman–Crippen MR) is 130 cm³/mol. The van der Waals surface area contributed by atoms with E-state index in [1.807, 2.05) is 18.3 Å². The van der Waals surface area contributed by atoms with Crippen molar-refractivity contribution >= 4 is 29.7 Å². The largest absolute Gasteiger partial charge is 0.361 e. The van der Waals surface area contributed by atoms with Gasteiger partial charge in [0.05, 0.1) is 0 Å². The molecule has 6 heteroatoms. The van der Waals surface area contributed by atoms with Crippen molar-refractivity contribution in [2.24, 2.45) is 0 Å². The van der Waals surface area contributed by atoms with Crippen molar-refractivity contribution in [2.75, 3.05) is 20.6 Å². The van der Waals surface area contributed by atoms with Crippen LogP contribution in [-0.2, 0) is 12.0 Å². The van der Waals surface area contributed by atoms with Crippen LogP contribution in [0.25, 0.3) is 10.9 Å². The number of para-hydroxylation sites is 1. The molecule has 1 fully saturated rings. The van der Waals surface area contributed by atoms with E-state index in [1.165, 1.54) is 16.5 Å². The molecule has 2 aromatic carbocycles. The maximum Gasteiger partial charge on any atom is 0.327 e. The third-order valence-corrected chi connectivity index (χ3v) is 7.36. The first-order valence-corrected chi connectivity index (χ1v) is 11.5. The molecular weight excluding hydrogens is 404 g/mol. The average Bonchev–Trinajstić information content (AvgIpc) is 3.22. The minimum atomic E-state index is -0.106. The van der Waals surface area contributed by atoms with Crippen LogP contribution >= 0.6 is 12.8 Å². The topological polar surface area (TPSA) is 51.4 Å². The molecular formula is C25H32N4OS. The molecule has 0 radical (unpaired) electrons. The molecule has 0 saturated heterocycles. The number of nitrogens with one attached hydrogen (secondary N) is 2. The van der Waals surface area contributed by atoms with E-state index in [2.05, 4.69) is 84.6 Å². The Balaban J connectivity index is 1.31. The zero-order chi connectivity index (χ0) is 21.8. The Morgan fingerprint density at radius 2 is 1.77 bits per heavy atom. The lowest BCUT2D eigenvalue weighted by Crippen LogP contribution is -2.49. The summed E-state index contributed by atoms with van der Waals surface area (Å²) in [4.78, 5) is 18.3. The summed E-state index contributed by atoms with van der Waals surface area (Å²) in [6, 6.07) is 19.0. The van der Waals surface area contributed by atoms with Crippen molar-refractivity contribution in [3.8, 4) is 0 Å². The highest BCUT2D eigenvalue weighted by Crippen LogP contribution is 2.42. The number of fused-ring (bicyclic) bond motifs is 1. The van der Waals surface area contributed by atoms with Crippen molar-refractivity contribution in [1.29, 1.82) is 0 Å². The van der Waals surface area contributed by atoms with Gasteiger partial charge in [-0.05, 0) is 63.4 Å². The Hall–Kier alpha value is -2.44. The molecule has 0 unspecified atom stereocenters. The molecule has 0 aliphatic heterocycles. The van der Waals surface area contributed by atoms with Crippen molar-refractivity contribution < 1.29 is 4.79 Å². The number of nitrogens with zero attached hydrogens (tertiary/aromatic N) is 2. The van der Waals surface area contributed by atoms with Gasteiger partial charge in [-0.3, -0.25) is 9.21 Å². The minimum Gasteiger partial charge on any atom is -0.361 e. The summed E-state index contributed by atoms with van der Waals surface area (Å²) in [7, 11) is 4.31. The van der Waals surface area contributed by atoms with Crippen molar-refractivity contribution in [1.82, 2.24) is 19.5 Å². The van der Waals surface area contributed by atoms with Gasteiger partial charge in [-0.1, -0.05) is 61.3 Å². The fourth-order valence-electron chi connectivity index (χ4n) is 4.96. The molecule has 1 aromatic heterocycles. The first-order valence-electron chi connectivity index (χ1n) is 11.1. The monoisotopic (exact) mass is 436 g/mol. The van der Waals surface area contributed by atoms with Gasteiger partial charge in [0.25, 0.3) is 0 Å². The van der Waals surface area contributed by atoms with Crippen LogP contribution in [-0.4, -0.2) is 46.9 Å². The smallest absolute Gasteiger partial charge is 0.327 e. The number of hydrogen-bond acceptors (Lipinski definition) is 3. The van der Waals surface area contributed by atoms with Crippen LogP contribution in [0.15, 0.2) is 60.8 Å². The number of benzene rings is 2. The maximum absolute atomic E-state index is 12.7. The summed E-state index contributed by atoms with van der Waals surface area (Å²) in [5.74, 6) is 0. The van der Waals surface area contributed by atoms with E-state index >= 15 is 0 Å². The number of amides is 2. The number of aromatic amines is 1. The normalized spacial score (nSPS) is 21.4. The van der Waals surface area contributed by atoms with E-state index < -0.39 is 0 Å². The molecule has 31 heavy (non-hydrogen) atoms.